The fraction of sp³-hybridized carbons (Fsp3) is 0.304. The largest absolute Gasteiger partial charge is 0.495 e. The van der Waals surface area contributed by atoms with Crippen LogP contribution in [0.3, 0.4) is 0 Å². The van der Waals surface area contributed by atoms with Gasteiger partial charge in [0.15, 0.2) is 0 Å². The highest BCUT2D eigenvalue weighted by atomic mass is 32.1. The first-order chi connectivity index (χ1) is 14.5. The molecule has 0 atom stereocenters. The highest BCUT2D eigenvalue weighted by Crippen LogP contribution is 2.29. The van der Waals surface area contributed by atoms with Crippen LogP contribution in [0.4, 0.5) is 10.1 Å². The van der Waals surface area contributed by atoms with Crippen LogP contribution in [0.15, 0.2) is 48.5 Å². The van der Waals surface area contributed by atoms with E-state index in [1.807, 2.05) is 36.1 Å². The average Bonchev–Trinajstić information content (AvgIpc) is 3.14. The fourth-order valence-electron chi connectivity index (χ4n) is 3.69. The molecule has 0 aliphatic carbocycles. The SMILES string of the molecule is COc1ccccc1N1CCN(C(=O)c2sc(Cc3ccc(F)cc3)nc2C)CC1. The molecular formula is C23H24FN3O2S. The highest BCUT2D eigenvalue weighted by Gasteiger charge is 2.26. The number of anilines is 1. The Labute approximate surface area is 179 Å². The number of hydrogen-bond donors (Lipinski definition) is 0. The maximum atomic E-state index is 13.1. The zero-order valence-corrected chi connectivity index (χ0v) is 17.9. The molecule has 30 heavy (non-hydrogen) atoms. The van der Waals surface area contributed by atoms with Gasteiger partial charge in [0, 0.05) is 32.6 Å². The minimum absolute atomic E-state index is 0.0371. The number of aromatic nitrogens is 1. The molecule has 1 amide bonds. The Morgan fingerprint density at radius 3 is 2.50 bits per heavy atom. The van der Waals surface area contributed by atoms with E-state index in [9.17, 15) is 9.18 Å². The van der Waals surface area contributed by atoms with Gasteiger partial charge in [-0.1, -0.05) is 24.3 Å². The van der Waals surface area contributed by atoms with Gasteiger partial charge in [-0.2, -0.15) is 0 Å². The standard InChI is InChI=1S/C23H24FN3O2S/c1-16-22(30-21(25-16)15-17-7-9-18(24)10-8-17)23(28)27-13-11-26(12-14-27)19-5-3-4-6-20(19)29-2/h3-10H,11-15H2,1-2H3. The lowest BCUT2D eigenvalue weighted by Gasteiger charge is -2.36. The normalized spacial score (nSPS) is 14.1. The number of aryl methyl sites for hydroxylation is 1. The summed E-state index contributed by atoms with van der Waals surface area (Å²) < 4.78 is 18.6. The van der Waals surface area contributed by atoms with Gasteiger partial charge in [-0.05, 0) is 36.8 Å². The summed E-state index contributed by atoms with van der Waals surface area (Å²) in [7, 11) is 1.68. The van der Waals surface area contributed by atoms with Crippen LogP contribution in [0.2, 0.25) is 0 Å². The Balaban J connectivity index is 1.42. The van der Waals surface area contributed by atoms with E-state index >= 15 is 0 Å². The van der Waals surface area contributed by atoms with Crippen molar-refractivity contribution in [2.24, 2.45) is 0 Å². The van der Waals surface area contributed by atoms with Gasteiger partial charge in [0.2, 0.25) is 0 Å². The average molecular weight is 426 g/mol. The summed E-state index contributed by atoms with van der Waals surface area (Å²) in [4.78, 5) is 22.5. The number of rotatable bonds is 5. The summed E-state index contributed by atoms with van der Waals surface area (Å²) >= 11 is 1.43. The molecule has 1 fully saturated rings. The first kappa shape index (κ1) is 20.3. The third kappa shape index (κ3) is 4.31. The molecule has 1 aliphatic heterocycles. The maximum absolute atomic E-state index is 13.1. The van der Waals surface area contributed by atoms with Crippen molar-refractivity contribution in [1.29, 1.82) is 0 Å². The number of amides is 1. The summed E-state index contributed by atoms with van der Waals surface area (Å²) in [6.07, 6.45) is 0.598. The molecule has 0 saturated carbocycles. The van der Waals surface area contributed by atoms with Gasteiger partial charge < -0.3 is 14.5 Å². The van der Waals surface area contributed by atoms with Crippen molar-refractivity contribution in [3.8, 4) is 5.75 Å². The van der Waals surface area contributed by atoms with E-state index in [2.05, 4.69) is 9.88 Å². The molecule has 0 unspecified atom stereocenters. The summed E-state index contributed by atoms with van der Waals surface area (Å²) in [6.45, 7) is 4.70. The van der Waals surface area contributed by atoms with Gasteiger partial charge in [0.05, 0.1) is 23.5 Å². The first-order valence-corrected chi connectivity index (χ1v) is 10.7. The van der Waals surface area contributed by atoms with Crippen LogP contribution in [0.25, 0.3) is 0 Å². The number of piperazine rings is 1. The smallest absolute Gasteiger partial charge is 0.265 e. The Morgan fingerprint density at radius 1 is 1.10 bits per heavy atom. The molecule has 2 heterocycles. The zero-order valence-electron chi connectivity index (χ0n) is 17.1. The predicted octanol–water partition coefficient (Wildman–Crippen LogP) is 4.15. The number of benzene rings is 2. The van der Waals surface area contributed by atoms with Crippen molar-refractivity contribution < 1.29 is 13.9 Å². The van der Waals surface area contributed by atoms with Crippen LogP contribution in [-0.2, 0) is 6.42 Å². The first-order valence-electron chi connectivity index (χ1n) is 9.93. The number of nitrogens with zero attached hydrogens (tertiary/aromatic N) is 3. The number of methoxy groups -OCH3 is 1. The molecule has 0 bridgehead atoms. The lowest BCUT2D eigenvalue weighted by molar-refractivity contribution is 0.0750. The third-order valence-electron chi connectivity index (χ3n) is 5.30. The van der Waals surface area contributed by atoms with Crippen LogP contribution >= 0.6 is 11.3 Å². The molecule has 1 aliphatic rings. The van der Waals surface area contributed by atoms with Gasteiger partial charge in [0.1, 0.15) is 16.4 Å². The van der Waals surface area contributed by atoms with Gasteiger partial charge in [-0.15, -0.1) is 11.3 Å². The number of thiazole rings is 1. The number of carbonyl (C=O) groups excluding carboxylic acids is 1. The van der Waals surface area contributed by atoms with Gasteiger partial charge in [0.25, 0.3) is 5.91 Å². The second-order valence-electron chi connectivity index (χ2n) is 7.28. The Bertz CT molecular complexity index is 1030. The maximum Gasteiger partial charge on any atom is 0.265 e. The molecule has 0 spiro atoms. The predicted molar refractivity (Wildman–Crippen MR) is 117 cm³/mol. The number of ether oxygens (including phenoxy) is 1. The monoisotopic (exact) mass is 425 g/mol. The Morgan fingerprint density at radius 2 is 1.80 bits per heavy atom. The lowest BCUT2D eigenvalue weighted by atomic mass is 10.1. The van der Waals surface area contributed by atoms with E-state index in [0.717, 1.165) is 40.8 Å². The van der Waals surface area contributed by atoms with Gasteiger partial charge in [-0.25, -0.2) is 9.37 Å². The van der Waals surface area contributed by atoms with E-state index in [0.29, 0.717) is 24.4 Å². The van der Waals surface area contributed by atoms with Crippen molar-refractivity contribution >= 4 is 22.9 Å². The highest BCUT2D eigenvalue weighted by molar-refractivity contribution is 7.13. The molecule has 0 N–H and O–H groups in total. The lowest BCUT2D eigenvalue weighted by Crippen LogP contribution is -2.48. The van der Waals surface area contributed by atoms with E-state index in [4.69, 9.17) is 4.74 Å². The second kappa shape index (κ2) is 8.83. The molecule has 1 aromatic heterocycles. The van der Waals surface area contributed by atoms with Crippen molar-refractivity contribution in [2.75, 3.05) is 38.2 Å². The third-order valence-corrected chi connectivity index (χ3v) is 6.44. The molecule has 7 heteroatoms. The molecule has 3 aromatic rings. The number of hydrogen-bond acceptors (Lipinski definition) is 5. The van der Waals surface area contributed by atoms with Crippen LogP contribution in [-0.4, -0.2) is 49.1 Å². The molecule has 156 valence electrons. The van der Waals surface area contributed by atoms with Crippen molar-refractivity contribution in [3.05, 3.63) is 75.5 Å². The molecule has 4 rings (SSSR count). The summed E-state index contributed by atoms with van der Waals surface area (Å²) in [6, 6.07) is 14.4. The van der Waals surface area contributed by atoms with Crippen molar-refractivity contribution in [1.82, 2.24) is 9.88 Å². The number of para-hydroxylation sites is 2. The van der Waals surface area contributed by atoms with E-state index in [1.165, 1.54) is 23.5 Å². The van der Waals surface area contributed by atoms with Gasteiger partial charge in [-0.3, -0.25) is 4.79 Å². The van der Waals surface area contributed by atoms with Crippen LogP contribution in [0, 0.1) is 12.7 Å². The van der Waals surface area contributed by atoms with E-state index in [-0.39, 0.29) is 11.7 Å². The Hall–Kier alpha value is -2.93. The topological polar surface area (TPSA) is 45.7 Å². The van der Waals surface area contributed by atoms with E-state index in [1.54, 1.807) is 19.2 Å². The minimum Gasteiger partial charge on any atom is -0.495 e. The zero-order chi connectivity index (χ0) is 21.1. The Kier molecular flexibility index (Phi) is 5.99. The molecular weight excluding hydrogens is 401 g/mol. The molecule has 5 nitrogen and oxygen atoms in total. The number of halogens is 1. The minimum atomic E-state index is -0.253. The number of carbonyl (C=O) groups is 1. The summed E-state index contributed by atoms with van der Waals surface area (Å²) in [5.74, 6) is 0.633. The molecule has 1 saturated heterocycles. The fourth-order valence-corrected chi connectivity index (χ4v) is 4.76. The van der Waals surface area contributed by atoms with Crippen molar-refractivity contribution in [3.63, 3.8) is 0 Å². The summed E-state index contributed by atoms with van der Waals surface area (Å²) in [5.41, 5.74) is 2.80. The summed E-state index contributed by atoms with van der Waals surface area (Å²) in [5, 5.41) is 0.870. The quantitative estimate of drug-likeness (QED) is 0.616. The second-order valence-corrected chi connectivity index (χ2v) is 8.36. The molecule has 0 radical (unpaired) electrons. The van der Waals surface area contributed by atoms with Crippen LogP contribution < -0.4 is 9.64 Å². The van der Waals surface area contributed by atoms with Crippen LogP contribution in [0.1, 0.15) is 25.9 Å². The van der Waals surface area contributed by atoms with Gasteiger partial charge >= 0.3 is 0 Å². The van der Waals surface area contributed by atoms with Crippen molar-refractivity contribution in [2.45, 2.75) is 13.3 Å². The molecule has 2 aromatic carbocycles. The van der Waals surface area contributed by atoms with Crippen LogP contribution in [0.5, 0.6) is 5.75 Å². The van der Waals surface area contributed by atoms with E-state index < -0.39 is 0 Å².